The molecule has 0 aliphatic carbocycles. The molecule has 6 nitrogen and oxygen atoms in total. The normalized spacial score (nSPS) is 11.2. The molecule has 0 bridgehead atoms. The van der Waals surface area contributed by atoms with Crippen LogP contribution in [0, 0.1) is 17.0 Å². The lowest BCUT2D eigenvalue weighted by molar-refractivity contribution is -0.384. The Labute approximate surface area is 118 Å². The molecule has 0 heterocycles. The van der Waals surface area contributed by atoms with Crippen LogP contribution in [-0.4, -0.2) is 22.9 Å². The molecule has 6 heteroatoms. The topological polar surface area (TPSA) is 84.3 Å². The number of carbonyl (C=O) groups is 1. The van der Waals surface area contributed by atoms with Crippen molar-refractivity contribution in [1.82, 2.24) is 5.32 Å². The number of nitro groups is 1. The third-order valence-corrected chi connectivity index (χ3v) is 2.70. The van der Waals surface area contributed by atoms with Crippen LogP contribution in [0.3, 0.4) is 0 Å². The lowest BCUT2D eigenvalue weighted by Gasteiger charge is -2.20. The summed E-state index contributed by atoms with van der Waals surface area (Å²) in [6, 6.07) is 4.39. The highest BCUT2D eigenvalue weighted by molar-refractivity contribution is 5.91. The monoisotopic (exact) mass is 279 g/mol. The Morgan fingerprint density at radius 2 is 2.00 bits per heavy atom. The van der Waals surface area contributed by atoms with E-state index in [0.29, 0.717) is 24.2 Å². The van der Waals surface area contributed by atoms with Gasteiger partial charge in [0.15, 0.2) is 0 Å². The Hall–Kier alpha value is -1.95. The summed E-state index contributed by atoms with van der Waals surface area (Å²) in [5.41, 5.74) is 1.28. The SMILES string of the molecule is Cc1cc([N+](=O)[O-])ccc1NC(=O)CCNC(C)(C)C. The van der Waals surface area contributed by atoms with Crippen molar-refractivity contribution < 1.29 is 9.72 Å². The average Bonchev–Trinajstić information content (AvgIpc) is 2.29. The zero-order valence-electron chi connectivity index (χ0n) is 12.3. The fourth-order valence-corrected chi connectivity index (χ4v) is 1.67. The molecular formula is C14H21N3O3. The van der Waals surface area contributed by atoms with E-state index in [0.717, 1.165) is 0 Å². The third kappa shape index (κ3) is 5.36. The van der Waals surface area contributed by atoms with Crippen molar-refractivity contribution in [2.24, 2.45) is 0 Å². The molecule has 0 aromatic heterocycles. The van der Waals surface area contributed by atoms with Crippen LogP contribution >= 0.6 is 0 Å². The van der Waals surface area contributed by atoms with Crippen LogP contribution in [0.2, 0.25) is 0 Å². The summed E-state index contributed by atoms with van der Waals surface area (Å²) in [6.07, 6.45) is 0.355. The first kappa shape index (κ1) is 16.1. The molecule has 0 saturated heterocycles. The van der Waals surface area contributed by atoms with Gasteiger partial charge in [-0.25, -0.2) is 0 Å². The number of nitrogens with one attached hydrogen (secondary N) is 2. The molecular weight excluding hydrogens is 258 g/mol. The summed E-state index contributed by atoms with van der Waals surface area (Å²) < 4.78 is 0. The van der Waals surface area contributed by atoms with E-state index in [1.165, 1.54) is 12.1 Å². The van der Waals surface area contributed by atoms with Gasteiger partial charge in [-0.1, -0.05) is 0 Å². The van der Waals surface area contributed by atoms with Gasteiger partial charge in [0.25, 0.3) is 5.69 Å². The number of amides is 1. The number of nitro benzene ring substituents is 1. The van der Waals surface area contributed by atoms with Gasteiger partial charge >= 0.3 is 0 Å². The van der Waals surface area contributed by atoms with Crippen molar-refractivity contribution in [2.45, 2.75) is 39.7 Å². The number of benzene rings is 1. The van der Waals surface area contributed by atoms with E-state index in [2.05, 4.69) is 10.6 Å². The summed E-state index contributed by atoms with van der Waals surface area (Å²) in [7, 11) is 0. The number of hydrogen-bond acceptors (Lipinski definition) is 4. The molecule has 0 atom stereocenters. The number of aryl methyl sites for hydroxylation is 1. The van der Waals surface area contributed by atoms with Crippen LogP contribution < -0.4 is 10.6 Å². The van der Waals surface area contributed by atoms with Gasteiger partial charge in [-0.05, 0) is 39.3 Å². The van der Waals surface area contributed by atoms with Crippen LogP contribution in [-0.2, 0) is 4.79 Å². The first-order chi connectivity index (χ1) is 9.19. The zero-order chi connectivity index (χ0) is 15.3. The van der Waals surface area contributed by atoms with Crippen LogP contribution in [0.15, 0.2) is 18.2 Å². The second-order valence-corrected chi connectivity index (χ2v) is 5.73. The highest BCUT2D eigenvalue weighted by atomic mass is 16.6. The van der Waals surface area contributed by atoms with Gasteiger partial charge in [-0.15, -0.1) is 0 Å². The Morgan fingerprint density at radius 1 is 1.35 bits per heavy atom. The van der Waals surface area contributed by atoms with Crippen molar-refractivity contribution in [1.29, 1.82) is 0 Å². The maximum Gasteiger partial charge on any atom is 0.269 e. The van der Waals surface area contributed by atoms with Crippen molar-refractivity contribution in [3.63, 3.8) is 0 Å². The molecule has 1 amide bonds. The third-order valence-electron chi connectivity index (χ3n) is 2.70. The van der Waals surface area contributed by atoms with E-state index < -0.39 is 4.92 Å². The minimum atomic E-state index is -0.453. The van der Waals surface area contributed by atoms with Crippen molar-refractivity contribution in [3.05, 3.63) is 33.9 Å². The van der Waals surface area contributed by atoms with Gasteiger partial charge in [-0.2, -0.15) is 0 Å². The molecule has 0 fully saturated rings. The van der Waals surface area contributed by atoms with E-state index >= 15 is 0 Å². The number of anilines is 1. The number of rotatable bonds is 5. The van der Waals surface area contributed by atoms with Gasteiger partial charge in [-0.3, -0.25) is 14.9 Å². The Bertz CT molecular complexity index is 507. The summed E-state index contributed by atoms with van der Waals surface area (Å²) in [5, 5.41) is 16.6. The smallest absolute Gasteiger partial charge is 0.269 e. The highest BCUT2D eigenvalue weighted by Crippen LogP contribution is 2.21. The molecule has 0 spiro atoms. The number of hydrogen-bond donors (Lipinski definition) is 2. The molecule has 2 N–H and O–H groups in total. The summed E-state index contributed by atoms with van der Waals surface area (Å²) in [6.45, 7) is 8.42. The largest absolute Gasteiger partial charge is 0.326 e. The van der Waals surface area contributed by atoms with Gasteiger partial charge in [0.1, 0.15) is 0 Å². The van der Waals surface area contributed by atoms with E-state index in [9.17, 15) is 14.9 Å². The minimum Gasteiger partial charge on any atom is -0.326 e. The summed E-state index contributed by atoms with van der Waals surface area (Å²) in [4.78, 5) is 22.0. The molecule has 20 heavy (non-hydrogen) atoms. The van der Waals surface area contributed by atoms with Gasteiger partial charge in [0, 0.05) is 36.3 Å². The maximum atomic E-state index is 11.8. The number of nitrogens with zero attached hydrogens (tertiary/aromatic N) is 1. The van der Waals surface area contributed by atoms with Crippen molar-refractivity contribution >= 4 is 17.3 Å². The van der Waals surface area contributed by atoms with Crippen LogP contribution in [0.25, 0.3) is 0 Å². The summed E-state index contributed by atoms with van der Waals surface area (Å²) >= 11 is 0. The van der Waals surface area contributed by atoms with Gasteiger partial charge < -0.3 is 10.6 Å². The highest BCUT2D eigenvalue weighted by Gasteiger charge is 2.12. The molecule has 1 rings (SSSR count). The van der Waals surface area contributed by atoms with Crippen molar-refractivity contribution in [3.8, 4) is 0 Å². The molecule has 0 radical (unpaired) electrons. The molecule has 0 saturated carbocycles. The first-order valence-electron chi connectivity index (χ1n) is 6.49. The lowest BCUT2D eigenvalue weighted by atomic mass is 10.1. The molecule has 1 aromatic rings. The number of carbonyl (C=O) groups excluding carboxylic acids is 1. The molecule has 0 aliphatic heterocycles. The zero-order valence-corrected chi connectivity index (χ0v) is 12.3. The second-order valence-electron chi connectivity index (χ2n) is 5.73. The number of non-ortho nitro benzene ring substituents is 1. The first-order valence-corrected chi connectivity index (χ1v) is 6.49. The van der Waals surface area contributed by atoms with Crippen LogP contribution in [0.4, 0.5) is 11.4 Å². The van der Waals surface area contributed by atoms with Gasteiger partial charge in [0.2, 0.25) is 5.91 Å². The predicted molar refractivity (Wildman–Crippen MR) is 78.8 cm³/mol. The molecule has 0 aliphatic rings. The fraction of sp³-hybridized carbons (Fsp3) is 0.500. The second kappa shape index (κ2) is 6.47. The van der Waals surface area contributed by atoms with E-state index in [1.54, 1.807) is 13.0 Å². The molecule has 1 aromatic carbocycles. The Balaban J connectivity index is 2.56. The minimum absolute atomic E-state index is 0.0231. The van der Waals surface area contributed by atoms with E-state index in [4.69, 9.17) is 0 Å². The van der Waals surface area contributed by atoms with Gasteiger partial charge in [0.05, 0.1) is 4.92 Å². The van der Waals surface area contributed by atoms with Crippen molar-refractivity contribution in [2.75, 3.05) is 11.9 Å². The van der Waals surface area contributed by atoms with Crippen LogP contribution in [0.1, 0.15) is 32.8 Å². The lowest BCUT2D eigenvalue weighted by Crippen LogP contribution is -2.37. The van der Waals surface area contributed by atoms with E-state index in [-0.39, 0.29) is 17.1 Å². The average molecular weight is 279 g/mol. The molecule has 110 valence electrons. The van der Waals surface area contributed by atoms with Crippen LogP contribution in [0.5, 0.6) is 0 Å². The standard InChI is InChI=1S/C14H21N3O3/c1-10-9-11(17(19)20)5-6-12(10)16-13(18)7-8-15-14(2,3)4/h5-6,9,15H,7-8H2,1-4H3,(H,16,18). The Morgan fingerprint density at radius 3 is 2.50 bits per heavy atom. The predicted octanol–water partition coefficient (Wildman–Crippen LogP) is 2.62. The quantitative estimate of drug-likeness (QED) is 0.641. The molecule has 0 unspecified atom stereocenters. The fourth-order valence-electron chi connectivity index (χ4n) is 1.67. The summed E-state index contributed by atoms with van der Waals surface area (Å²) in [5.74, 6) is -0.112. The maximum absolute atomic E-state index is 11.8. The Kier molecular flexibility index (Phi) is 5.21. The van der Waals surface area contributed by atoms with E-state index in [1.807, 2.05) is 20.8 Å².